The van der Waals surface area contributed by atoms with E-state index in [0.717, 1.165) is 24.0 Å². The Bertz CT molecular complexity index is 424. The fourth-order valence-corrected chi connectivity index (χ4v) is 2.92. The number of hydrogen-bond donors (Lipinski definition) is 1. The third kappa shape index (κ3) is 3.95. The SMILES string of the molecule is CSc1ccc(CSC2=NCC(C)(C)CN2)cc1. The standard InChI is InChI=1S/C14H20N2S2/c1-14(2)9-15-13(16-10-14)18-8-11-4-6-12(17-3)7-5-11/h4-7H,8-10H2,1-3H3,(H,15,16). The molecule has 0 amide bonds. The fourth-order valence-electron chi connectivity index (χ4n) is 1.68. The first-order valence-corrected chi connectivity index (χ1v) is 8.34. The van der Waals surface area contributed by atoms with E-state index in [4.69, 9.17) is 0 Å². The molecule has 2 rings (SSSR count). The molecular weight excluding hydrogens is 260 g/mol. The van der Waals surface area contributed by atoms with Crippen LogP contribution < -0.4 is 5.32 Å². The third-order valence-corrected chi connectivity index (χ3v) is 4.67. The molecule has 0 saturated heterocycles. The van der Waals surface area contributed by atoms with E-state index < -0.39 is 0 Å². The number of aliphatic imine (C=N–C) groups is 1. The molecule has 1 N–H and O–H groups in total. The lowest BCUT2D eigenvalue weighted by molar-refractivity contribution is 0.364. The van der Waals surface area contributed by atoms with Crippen molar-refractivity contribution >= 4 is 28.7 Å². The lowest BCUT2D eigenvalue weighted by atomic mass is 9.93. The molecule has 1 heterocycles. The van der Waals surface area contributed by atoms with Crippen LogP contribution in [0.5, 0.6) is 0 Å². The molecule has 1 aliphatic heterocycles. The summed E-state index contributed by atoms with van der Waals surface area (Å²) in [5.41, 5.74) is 1.65. The van der Waals surface area contributed by atoms with Gasteiger partial charge in [-0.25, -0.2) is 0 Å². The maximum Gasteiger partial charge on any atom is 0.156 e. The summed E-state index contributed by atoms with van der Waals surface area (Å²) in [5.74, 6) is 0.987. The van der Waals surface area contributed by atoms with Gasteiger partial charge in [0, 0.05) is 29.2 Å². The van der Waals surface area contributed by atoms with E-state index in [-0.39, 0.29) is 0 Å². The summed E-state index contributed by atoms with van der Waals surface area (Å²) in [6.07, 6.45) is 2.10. The molecule has 0 atom stereocenters. The quantitative estimate of drug-likeness (QED) is 0.856. The molecule has 0 unspecified atom stereocenters. The first-order valence-electron chi connectivity index (χ1n) is 6.13. The van der Waals surface area contributed by atoms with E-state index in [1.807, 2.05) is 0 Å². The lowest BCUT2D eigenvalue weighted by Crippen LogP contribution is -2.39. The van der Waals surface area contributed by atoms with Gasteiger partial charge in [0.05, 0.1) is 0 Å². The van der Waals surface area contributed by atoms with Crippen molar-refractivity contribution < 1.29 is 0 Å². The maximum atomic E-state index is 4.60. The van der Waals surface area contributed by atoms with E-state index in [1.54, 1.807) is 23.5 Å². The Morgan fingerprint density at radius 1 is 1.28 bits per heavy atom. The van der Waals surface area contributed by atoms with Crippen molar-refractivity contribution in [2.75, 3.05) is 19.3 Å². The highest BCUT2D eigenvalue weighted by Gasteiger charge is 2.22. The molecule has 0 saturated carbocycles. The molecule has 0 aliphatic carbocycles. The summed E-state index contributed by atoms with van der Waals surface area (Å²) >= 11 is 3.58. The molecule has 1 aromatic carbocycles. The molecule has 4 heteroatoms. The molecule has 0 fully saturated rings. The van der Waals surface area contributed by atoms with Gasteiger partial charge >= 0.3 is 0 Å². The number of hydrogen-bond acceptors (Lipinski definition) is 4. The van der Waals surface area contributed by atoms with Crippen LogP contribution in [0, 0.1) is 5.41 Å². The second-order valence-electron chi connectivity index (χ2n) is 5.28. The molecule has 0 spiro atoms. The van der Waals surface area contributed by atoms with Crippen LogP contribution in [0.25, 0.3) is 0 Å². The zero-order chi connectivity index (χ0) is 13.0. The molecule has 1 aromatic rings. The third-order valence-electron chi connectivity index (χ3n) is 2.90. The Hall–Kier alpha value is -0.610. The topological polar surface area (TPSA) is 24.4 Å². The predicted octanol–water partition coefficient (Wildman–Crippen LogP) is 3.63. The van der Waals surface area contributed by atoms with E-state index in [2.05, 4.69) is 54.7 Å². The Morgan fingerprint density at radius 3 is 2.56 bits per heavy atom. The second kappa shape index (κ2) is 6.02. The minimum Gasteiger partial charge on any atom is -0.364 e. The summed E-state index contributed by atoms with van der Waals surface area (Å²) in [6.45, 7) is 6.43. The summed E-state index contributed by atoms with van der Waals surface area (Å²) in [7, 11) is 0. The van der Waals surface area contributed by atoms with Crippen molar-refractivity contribution in [2.24, 2.45) is 10.4 Å². The van der Waals surface area contributed by atoms with Gasteiger partial charge in [-0.15, -0.1) is 11.8 Å². The molecular formula is C14H20N2S2. The average Bonchev–Trinajstić information content (AvgIpc) is 2.38. The highest BCUT2D eigenvalue weighted by atomic mass is 32.2. The minimum atomic E-state index is 0.296. The second-order valence-corrected chi connectivity index (χ2v) is 7.12. The van der Waals surface area contributed by atoms with Gasteiger partial charge in [-0.1, -0.05) is 37.7 Å². The summed E-state index contributed by atoms with van der Waals surface area (Å²) in [6, 6.07) is 8.76. The van der Waals surface area contributed by atoms with E-state index >= 15 is 0 Å². The van der Waals surface area contributed by atoms with Crippen molar-refractivity contribution in [3.8, 4) is 0 Å². The Balaban J connectivity index is 1.86. The molecule has 0 aromatic heterocycles. The summed E-state index contributed by atoms with van der Waals surface area (Å²) in [5, 5.41) is 4.50. The lowest BCUT2D eigenvalue weighted by Gasteiger charge is -2.28. The largest absolute Gasteiger partial charge is 0.364 e. The van der Waals surface area contributed by atoms with Gasteiger partial charge in [0.1, 0.15) is 0 Å². The molecule has 98 valence electrons. The molecule has 2 nitrogen and oxygen atoms in total. The van der Waals surface area contributed by atoms with Gasteiger partial charge in [0.15, 0.2) is 5.17 Å². The van der Waals surface area contributed by atoms with Crippen LogP contribution >= 0.6 is 23.5 Å². The first-order chi connectivity index (χ1) is 8.59. The zero-order valence-electron chi connectivity index (χ0n) is 11.2. The highest BCUT2D eigenvalue weighted by molar-refractivity contribution is 8.13. The van der Waals surface area contributed by atoms with E-state index in [9.17, 15) is 0 Å². The van der Waals surface area contributed by atoms with Crippen LogP contribution in [0.2, 0.25) is 0 Å². The van der Waals surface area contributed by atoms with Crippen molar-refractivity contribution in [3.05, 3.63) is 29.8 Å². The smallest absolute Gasteiger partial charge is 0.156 e. The fraction of sp³-hybridized carbons (Fsp3) is 0.500. The monoisotopic (exact) mass is 280 g/mol. The number of rotatable bonds is 3. The Kier molecular flexibility index (Phi) is 4.62. The number of thioether (sulfide) groups is 2. The number of nitrogens with zero attached hydrogens (tertiary/aromatic N) is 1. The van der Waals surface area contributed by atoms with Gasteiger partial charge < -0.3 is 5.32 Å². The van der Waals surface area contributed by atoms with Crippen LogP contribution in [0.15, 0.2) is 34.2 Å². The Morgan fingerprint density at radius 2 is 2.00 bits per heavy atom. The van der Waals surface area contributed by atoms with Crippen molar-refractivity contribution in [2.45, 2.75) is 24.5 Å². The summed E-state index contributed by atoms with van der Waals surface area (Å²) in [4.78, 5) is 5.91. The van der Waals surface area contributed by atoms with Crippen molar-refractivity contribution in [3.63, 3.8) is 0 Å². The van der Waals surface area contributed by atoms with E-state index in [1.165, 1.54) is 10.5 Å². The minimum absolute atomic E-state index is 0.296. The van der Waals surface area contributed by atoms with Gasteiger partial charge in [-0.05, 0) is 24.0 Å². The van der Waals surface area contributed by atoms with Crippen LogP contribution in [0.1, 0.15) is 19.4 Å². The van der Waals surface area contributed by atoms with Crippen LogP contribution in [-0.4, -0.2) is 24.5 Å². The molecule has 0 radical (unpaired) electrons. The van der Waals surface area contributed by atoms with E-state index in [0.29, 0.717) is 5.41 Å². The maximum absolute atomic E-state index is 4.60. The normalized spacial score (nSPS) is 18.1. The zero-order valence-corrected chi connectivity index (χ0v) is 12.8. The van der Waals surface area contributed by atoms with Crippen molar-refractivity contribution in [1.82, 2.24) is 5.32 Å². The molecule has 18 heavy (non-hydrogen) atoms. The Labute approximate surface area is 118 Å². The molecule has 1 aliphatic rings. The van der Waals surface area contributed by atoms with Gasteiger partial charge in [-0.2, -0.15) is 0 Å². The van der Waals surface area contributed by atoms with Crippen LogP contribution in [-0.2, 0) is 5.75 Å². The summed E-state index contributed by atoms with van der Waals surface area (Å²) < 4.78 is 0. The predicted molar refractivity (Wildman–Crippen MR) is 83.6 cm³/mol. The average molecular weight is 280 g/mol. The number of benzene rings is 1. The highest BCUT2D eigenvalue weighted by Crippen LogP contribution is 2.22. The van der Waals surface area contributed by atoms with Gasteiger partial charge in [0.2, 0.25) is 0 Å². The number of amidine groups is 1. The van der Waals surface area contributed by atoms with Crippen LogP contribution in [0.3, 0.4) is 0 Å². The van der Waals surface area contributed by atoms with Gasteiger partial charge in [0.25, 0.3) is 0 Å². The van der Waals surface area contributed by atoms with Crippen LogP contribution in [0.4, 0.5) is 0 Å². The number of nitrogens with one attached hydrogen (secondary N) is 1. The van der Waals surface area contributed by atoms with Crippen molar-refractivity contribution in [1.29, 1.82) is 0 Å². The van der Waals surface area contributed by atoms with Gasteiger partial charge in [-0.3, -0.25) is 4.99 Å². The molecule has 0 bridgehead atoms. The first kappa shape index (κ1) is 13.8.